The van der Waals surface area contributed by atoms with Crippen LogP contribution in [-0.2, 0) is 21.2 Å². The van der Waals surface area contributed by atoms with Gasteiger partial charge in [0.05, 0.1) is 46.4 Å². The number of carbonyl (C=O) groups is 1. The molecular formula is C29H34F3N3O5S. The van der Waals surface area contributed by atoms with Crippen LogP contribution in [-0.4, -0.2) is 53.6 Å². The number of hydrogen-bond donors (Lipinski definition) is 2. The highest BCUT2D eigenvalue weighted by Gasteiger charge is 2.41. The van der Waals surface area contributed by atoms with Crippen LogP contribution in [0.1, 0.15) is 79.3 Å². The second kappa shape index (κ2) is 11.7. The lowest BCUT2D eigenvalue weighted by Gasteiger charge is -2.29. The molecule has 222 valence electrons. The number of aliphatic hydroxyl groups is 1. The van der Waals surface area contributed by atoms with Gasteiger partial charge in [0.25, 0.3) is 5.91 Å². The topological polar surface area (TPSA) is 111 Å². The number of imidazole rings is 1. The number of rotatable bonds is 10. The molecule has 1 amide bonds. The summed E-state index contributed by atoms with van der Waals surface area (Å²) in [6, 6.07) is 10.8. The van der Waals surface area contributed by atoms with E-state index in [1.807, 2.05) is 6.07 Å². The number of halogens is 3. The van der Waals surface area contributed by atoms with Crippen molar-refractivity contribution in [3.8, 4) is 0 Å². The number of nitrogens with zero attached hydrogens (tertiary/aromatic N) is 2. The van der Waals surface area contributed by atoms with E-state index in [0.29, 0.717) is 35.3 Å². The summed E-state index contributed by atoms with van der Waals surface area (Å²) in [5, 5.41) is 12.7. The molecule has 5 rings (SSSR count). The molecular weight excluding hydrogens is 559 g/mol. The molecule has 8 nitrogen and oxygen atoms in total. The number of aliphatic hydroxyl groups excluding tert-OH is 1. The number of alkyl halides is 3. The van der Waals surface area contributed by atoms with Crippen LogP contribution in [0.4, 0.5) is 13.2 Å². The molecule has 41 heavy (non-hydrogen) atoms. The minimum absolute atomic E-state index is 0.0255. The number of benzene rings is 2. The van der Waals surface area contributed by atoms with Crippen molar-refractivity contribution in [2.75, 3.05) is 12.4 Å². The Bertz CT molecular complexity index is 1490. The van der Waals surface area contributed by atoms with Crippen molar-refractivity contribution in [2.24, 2.45) is 5.92 Å². The minimum Gasteiger partial charge on any atom is -0.394 e. The van der Waals surface area contributed by atoms with Crippen molar-refractivity contribution in [3.63, 3.8) is 0 Å². The van der Waals surface area contributed by atoms with E-state index in [9.17, 15) is 31.5 Å². The number of nitrogens with one attached hydrogen (secondary N) is 1. The molecule has 0 spiro atoms. The first-order chi connectivity index (χ1) is 19.5. The van der Waals surface area contributed by atoms with Gasteiger partial charge in [-0.05, 0) is 74.4 Å². The third-order valence-electron chi connectivity index (χ3n) is 8.03. The van der Waals surface area contributed by atoms with E-state index in [-0.39, 0.29) is 48.8 Å². The van der Waals surface area contributed by atoms with Crippen LogP contribution in [0.2, 0.25) is 0 Å². The summed E-state index contributed by atoms with van der Waals surface area (Å²) in [6.45, 7) is 1.37. The van der Waals surface area contributed by atoms with Gasteiger partial charge in [-0.2, -0.15) is 13.2 Å². The van der Waals surface area contributed by atoms with Crippen LogP contribution in [0.15, 0.2) is 47.4 Å². The molecule has 2 aliphatic carbocycles. The quantitative estimate of drug-likeness (QED) is 0.332. The number of aromatic nitrogens is 2. The smallest absolute Gasteiger partial charge is 0.391 e. The van der Waals surface area contributed by atoms with E-state index < -0.39 is 33.9 Å². The predicted octanol–water partition coefficient (Wildman–Crippen LogP) is 5.27. The Balaban J connectivity index is 1.28. The monoisotopic (exact) mass is 593 g/mol. The summed E-state index contributed by atoms with van der Waals surface area (Å²) < 4.78 is 71.3. The predicted molar refractivity (Wildman–Crippen MR) is 146 cm³/mol. The van der Waals surface area contributed by atoms with E-state index in [2.05, 4.69) is 9.88 Å². The first-order valence-electron chi connectivity index (χ1n) is 13.9. The zero-order valence-electron chi connectivity index (χ0n) is 22.7. The van der Waals surface area contributed by atoms with E-state index in [4.69, 9.17) is 9.72 Å². The molecule has 1 aromatic heterocycles. The van der Waals surface area contributed by atoms with Crippen LogP contribution in [0.3, 0.4) is 0 Å². The molecule has 0 bridgehead atoms. The van der Waals surface area contributed by atoms with E-state index in [1.54, 1.807) is 31.2 Å². The minimum atomic E-state index is -4.16. The summed E-state index contributed by atoms with van der Waals surface area (Å²) in [6.07, 6.45) is -1.54. The van der Waals surface area contributed by atoms with Gasteiger partial charge < -0.3 is 19.7 Å². The van der Waals surface area contributed by atoms with Gasteiger partial charge in [0.1, 0.15) is 12.4 Å². The third-order valence-corrected chi connectivity index (χ3v) is 9.78. The van der Waals surface area contributed by atoms with Gasteiger partial charge in [-0.25, -0.2) is 13.4 Å². The summed E-state index contributed by atoms with van der Waals surface area (Å²) in [7, 11) is -3.36. The number of fused-ring (bicyclic) bond motifs is 1. The number of hydrogen-bond acceptors (Lipinski definition) is 6. The maximum absolute atomic E-state index is 13.1. The number of ether oxygens (including phenoxy) is 1. The Labute approximate surface area is 236 Å². The fourth-order valence-corrected chi connectivity index (χ4v) is 6.32. The van der Waals surface area contributed by atoms with Gasteiger partial charge in [-0.3, -0.25) is 4.79 Å². The molecule has 0 radical (unpaired) electrons. The molecule has 2 aromatic carbocycles. The summed E-state index contributed by atoms with van der Waals surface area (Å²) in [5.74, 6) is -1.02. The normalized spacial score (nSPS) is 20.7. The number of amides is 1. The maximum atomic E-state index is 13.1. The van der Waals surface area contributed by atoms with E-state index in [0.717, 1.165) is 18.4 Å². The Morgan fingerprint density at radius 2 is 1.78 bits per heavy atom. The second-order valence-corrected chi connectivity index (χ2v) is 13.1. The van der Waals surface area contributed by atoms with Gasteiger partial charge in [-0.15, -0.1) is 0 Å². The molecule has 3 aromatic rings. The lowest BCUT2D eigenvalue weighted by molar-refractivity contribution is -0.188. The van der Waals surface area contributed by atoms with Gasteiger partial charge in [-0.1, -0.05) is 19.1 Å². The highest BCUT2D eigenvalue weighted by atomic mass is 32.2. The molecule has 2 aliphatic rings. The highest BCUT2D eigenvalue weighted by molar-refractivity contribution is 7.91. The van der Waals surface area contributed by atoms with Crippen LogP contribution < -0.4 is 5.32 Å². The summed E-state index contributed by atoms with van der Waals surface area (Å²) in [4.78, 5) is 18.0. The first kappa shape index (κ1) is 29.5. The standard InChI is InChI=1S/C29H34F3N3O5S/c1-2-41(38,39)23-12-3-18(4-13-23)25(16-36)34-28(37)19-5-14-26-24(15-19)33-27(35(26)21-8-9-21)17-40-22-10-6-20(7-11-22)29(30,31)32/h3-5,12-15,20-22,25,36H,2,6-11,16-17H2,1H3,(H,34,37)/t20-,22-,25-/m0/s1. The second-order valence-electron chi connectivity index (χ2n) is 10.8. The van der Waals surface area contributed by atoms with Crippen molar-refractivity contribution in [3.05, 3.63) is 59.4 Å². The van der Waals surface area contributed by atoms with Gasteiger partial charge >= 0.3 is 6.18 Å². The van der Waals surface area contributed by atoms with Crippen LogP contribution in [0.5, 0.6) is 0 Å². The van der Waals surface area contributed by atoms with Crippen molar-refractivity contribution in [1.29, 1.82) is 0 Å². The van der Waals surface area contributed by atoms with Crippen molar-refractivity contribution < 1.29 is 36.2 Å². The first-order valence-corrected chi connectivity index (χ1v) is 15.6. The zero-order valence-corrected chi connectivity index (χ0v) is 23.5. The molecule has 1 heterocycles. The number of carbonyl (C=O) groups excluding carboxylic acids is 1. The highest BCUT2D eigenvalue weighted by Crippen LogP contribution is 2.40. The molecule has 0 aliphatic heterocycles. The molecule has 2 N–H and O–H groups in total. The fraction of sp³-hybridized carbons (Fsp3) is 0.517. The lowest BCUT2D eigenvalue weighted by Crippen LogP contribution is -2.30. The van der Waals surface area contributed by atoms with Crippen LogP contribution >= 0.6 is 0 Å². The molecule has 2 fully saturated rings. The Kier molecular flexibility index (Phi) is 8.45. The Morgan fingerprint density at radius 1 is 1.10 bits per heavy atom. The lowest BCUT2D eigenvalue weighted by atomic mass is 9.87. The SMILES string of the molecule is CCS(=O)(=O)c1ccc([C@H](CO)NC(=O)c2ccc3c(c2)nc(CO[C@H]2CC[C@H](C(F)(F)F)CC2)n3C2CC2)cc1. The van der Waals surface area contributed by atoms with E-state index in [1.165, 1.54) is 12.1 Å². The van der Waals surface area contributed by atoms with Crippen molar-refractivity contribution in [2.45, 2.75) is 81.3 Å². The Hall–Kier alpha value is -2.96. The van der Waals surface area contributed by atoms with Crippen molar-refractivity contribution in [1.82, 2.24) is 14.9 Å². The van der Waals surface area contributed by atoms with Gasteiger partial charge in [0.2, 0.25) is 0 Å². The van der Waals surface area contributed by atoms with Crippen LogP contribution in [0.25, 0.3) is 11.0 Å². The largest absolute Gasteiger partial charge is 0.394 e. The van der Waals surface area contributed by atoms with Crippen molar-refractivity contribution >= 4 is 26.8 Å². The van der Waals surface area contributed by atoms with Gasteiger partial charge in [0.15, 0.2) is 9.84 Å². The Morgan fingerprint density at radius 3 is 2.37 bits per heavy atom. The molecule has 0 saturated heterocycles. The maximum Gasteiger partial charge on any atom is 0.391 e. The number of sulfone groups is 1. The molecule has 1 atom stereocenters. The summed E-state index contributed by atoms with van der Waals surface area (Å²) in [5.41, 5.74) is 2.38. The fourth-order valence-electron chi connectivity index (χ4n) is 5.43. The average molecular weight is 594 g/mol. The van der Waals surface area contributed by atoms with Gasteiger partial charge in [0, 0.05) is 11.6 Å². The van der Waals surface area contributed by atoms with E-state index >= 15 is 0 Å². The molecule has 0 unspecified atom stereocenters. The summed E-state index contributed by atoms with van der Waals surface area (Å²) >= 11 is 0. The molecule has 2 saturated carbocycles. The zero-order chi connectivity index (χ0) is 29.4. The molecule has 12 heteroatoms. The third kappa shape index (κ3) is 6.60. The van der Waals surface area contributed by atoms with Crippen LogP contribution in [0, 0.1) is 5.92 Å². The average Bonchev–Trinajstić information content (AvgIpc) is 3.74.